The summed E-state index contributed by atoms with van der Waals surface area (Å²) < 4.78 is 0. The monoisotopic (exact) mass is 337 g/mol. The minimum absolute atomic E-state index is 0.0158. The lowest BCUT2D eigenvalue weighted by Crippen LogP contribution is -2.33. The van der Waals surface area contributed by atoms with Gasteiger partial charge in [-0.15, -0.1) is 0 Å². The van der Waals surface area contributed by atoms with E-state index in [0.717, 1.165) is 11.3 Å². The number of carbonyl (C=O) groups excluding carboxylic acids is 1. The Morgan fingerprint density at radius 1 is 1.12 bits per heavy atom. The third-order valence-electron chi connectivity index (χ3n) is 4.39. The van der Waals surface area contributed by atoms with E-state index in [1.807, 2.05) is 74.5 Å². The zero-order valence-electron chi connectivity index (χ0n) is 15.1. The molecule has 1 amide bonds. The summed E-state index contributed by atoms with van der Waals surface area (Å²) in [5, 5.41) is 10.6. The fraction of sp³-hybridized carbons (Fsp3) is 0.318. The molecule has 0 bridgehead atoms. The first-order chi connectivity index (χ1) is 12.2. The molecule has 2 aromatic carbocycles. The number of amides is 1. The fourth-order valence-corrected chi connectivity index (χ4v) is 3.11. The number of anilines is 1. The van der Waals surface area contributed by atoms with Crippen LogP contribution in [0.4, 0.5) is 5.69 Å². The van der Waals surface area contributed by atoms with Gasteiger partial charge in [-0.25, -0.2) is 0 Å². The molecule has 0 saturated carbocycles. The summed E-state index contributed by atoms with van der Waals surface area (Å²) >= 11 is 0. The minimum Gasteiger partial charge on any atom is -0.388 e. The molecule has 0 radical (unpaired) electrons. The van der Waals surface area contributed by atoms with Crippen LogP contribution >= 0.6 is 0 Å². The Morgan fingerprint density at radius 3 is 2.28 bits per heavy atom. The first-order valence-corrected chi connectivity index (χ1v) is 8.93. The number of benzene rings is 2. The zero-order chi connectivity index (χ0) is 18.2. The van der Waals surface area contributed by atoms with Crippen molar-refractivity contribution in [3.63, 3.8) is 0 Å². The highest BCUT2D eigenvalue weighted by atomic mass is 16.3. The van der Waals surface area contributed by atoms with Gasteiger partial charge in [0.2, 0.25) is 5.91 Å². The van der Waals surface area contributed by atoms with Crippen molar-refractivity contribution >= 4 is 11.6 Å². The Balaban J connectivity index is 0.00000109. The van der Waals surface area contributed by atoms with Crippen LogP contribution in [0.15, 0.2) is 72.8 Å². The maximum absolute atomic E-state index is 12.6. The Bertz CT molecular complexity index is 682. The number of aliphatic hydroxyl groups is 1. The molecule has 1 N–H and O–H groups in total. The van der Waals surface area contributed by atoms with Crippen LogP contribution in [0.3, 0.4) is 0 Å². The third kappa shape index (κ3) is 4.58. The molecule has 1 saturated heterocycles. The average Bonchev–Trinajstić information content (AvgIpc) is 3.05. The van der Waals surface area contributed by atoms with Crippen molar-refractivity contribution in [1.29, 1.82) is 0 Å². The van der Waals surface area contributed by atoms with Crippen LogP contribution in [0.5, 0.6) is 0 Å². The molecule has 3 rings (SSSR count). The molecule has 132 valence electrons. The van der Waals surface area contributed by atoms with Crippen molar-refractivity contribution in [1.82, 2.24) is 0 Å². The summed E-state index contributed by atoms with van der Waals surface area (Å²) in [5.41, 5.74) is 2.69. The second-order valence-corrected chi connectivity index (χ2v) is 5.99. The Morgan fingerprint density at radius 2 is 1.68 bits per heavy atom. The molecule has 1 aliphatic heterocycles. The zero-order valence-corrected chi connectivity index (χ0v) is 15.1. The molecular weight excluding hydrogens is 310 g/mol. The molecule has 0 spiro atoms. The number of hydrogen-bond donors (Lipinski definition) is 1. The van der Waals surface area contributed by atoms with Gasteiger partial charge < -0.3 is 10.0 Å². The van der Waals surface area contributed by atoms with E-state index >= 15 is 0 Å². The van der Waals surface area contributed by atoms with Crippen molar-refractivity contribution in [3.8, 4) is 0 Å². The summed E-state index contributed by atoms with van der Waals surface area (Å²) in [7, 11) is 0. The molecule has 1 aliphatic rings. The van der Waals surface area contributed by atoms with Gasteiger partial charge in [0.1, 0.15) is 0 Å². The van der Waals surface area contributed by atoms with Crippen molar-refractivity contribution in [2.75, 3.05) is 11.4 Å². The molecule has 1 heterocycles. The molecule has 1 fully saturated rings. The summed E-state index contributed by atoms with van der Waals surface area (Å²) in [6.07, 6.45) is 0.455. The smallest absolute Gasteiger partial charge is 0.233 e. The summed E-state index contributed by atoms with van der Waals surface area (Å²) in [4.78, 5) is 14.4. The second kappa shape index (κ2) is 9.19. The van der Waals surface area contributed by atoms with E-state index in [-0.39, 0.29) is 5.91 Å². The summed E-state index contributed by atoms with van der Waals surface area (Å²) in [5.74, 6) is -0.413. The fourth-order valence-electron chi connectivity index (χ4n) is 3.11. The maximum atomic E-state index is 12.6. The van der Waals surface area contributed by atoms with E-state index in [2.05, 4.69) is 6.58 Å². The molecular formula is C22H27NO2. The van der Waals surface area contributed by atoms with Crippen molar-refractivity contribution < 1.29 is 9.90 Å². The quantitative estimate of drug-likeness (QED) is 0.830. The number of aliphatic hydroxyl groups excluding tert-OH is 1. The van der Waals surface area contributed by atoms with Crippen molar-refractivity contribution in [3.05, 3.63) is 78.4 Å². The van der Waals surface area contributed by atoms with Gasteiger partial charge in [-0.2, -0.15) is 0 Å². The van der Waals surface area contributed by atoms with Gasteiger partial charge in [-0.05, 0) is 36.1 Å². The van der Waals surface area contributed by atoms with Crippen molar-refractivity contribution in [2.45, 2.75) is 32.8 Å². The van der Waals surface area contributed by atoms with E-state index < -0.39 is 12.0 Å². The molecule has 0 aliphatic carbocycles. The van der Waals surface area contributed by atoms with Gasteiger partial charge >= 0.3 is 0 Å². The predicted octanol–water partition coefficient (Wildman–Crippen LogP) is 4.23. The minimum atomic E-state index is -0.795. The summed E-state index contributed by atoms with van der Waals surface area (Å²) in [6, 6.07) is 19.5. The van der Waals surface area contributed by atoms with Gasteiger partial charge in [0.25, 0.3) is 0 Å². The highest BCUT2D eigenvalue weighted by molar-refractivity contribution is 5.97. The maximum Gasteiger partial charge on any atom is 0.233 e. The molecule has 2 aromatic rings. The highest BCUT2D eigenvalue weighted by Gasteiger charge is 2.38. The molecule has 0 aromatic heterocycles. The van der Waals surface area contributed by atoms with Crippen LogP contribution in [-0.4, -0.2) is 23.7 Å². The predicted molar refractivity (Wildman–Crippen MR) is 104 cm³/mol. The van der Waals surface area contributed by atoms with Crippen LogP contribution in [0.1, 0.15) is 25.8 Å². The third-order valence-corrected chi connectivity index (χ3v) is 4.39. The van der Waals surface area contributed by atoms with Gasteiger partial charge in [0, 0.05) is 12.2 Å². The van der Waals surface area contributed by atoms with E-state index in [4.69, 9.17) is 0 Å². The number of nitrogens with zero attached hydrogens (tertiary/aromatic N) is 1. The van der Waals surface area contributed by atoms with Crippen LogP contribution in [-0.2, 0) is 11.2 Å². The number of carbonyl (C=O) groups is 1. The van der Waals surface area contributed by atoms with E-state index in [1.54, 1.807) is 4.90 Å². The number of hydrogen-bond acceptors (Lipinski definition) is 2. The first kappa shape index (κ1) is 18.9. The van der Waals surface area contributed by atoms with Crippen molar-refractivity contribution in [2.24, 2.45) is 5.92 Å². The van der Waals surface area contributed by atoms with Gasteiger partial charge in [0.15, 0.2) is 0 Å². The normalized spacial score (nSPS) is 17.6. The Labute approximate surface area is 150 Å². The first-order valence-electron chi connectivity index (χ1n) is 8.93. The van der Waals surface area contributed by atoms with Gasteiger partial charge in [-0.1, -0.05) is 69.0 Å². The Kier molecular flexibility index (Phi) is 6.96. The lowest BCUT2D eigenvalue weighted by molar-refractivity contribution is -0.122. The molecule has 25 heavy (non-hydrogen) atoms. The van der Waals surface area contributed by atoms with Crippen LogP contribution in [0.2, 0.25) is 0 Å². The van der Waals surface area contributed by atoms with E-state index in [0.29, 0.717) is 25.0 Å². The second-order valence-electron chi connectivity index (χ2n) is 5.99. The molecule has 2 atom stereocenters. The van der Waals surface area contributed by atoms with E-state index in [9.17, 15) is 9.90 Å². The van der Waals surface area contributed by atoms with Gasteiger partial charge in [-0.3, -0.25) is 4.79 Å². The Hall–Kier alpha value is -2.39. The van der Waals surface area contributed by atoms with Crippen LogP contribution in [0.25, 0.3) is 0 Å². The highest BCUT2D eigenvalue weighted by Crippen LogP contribution is 2.29. The van der Waals surface area contributed by atoms with Crippen LogP contribution in [0, 0.1) is 5.92 Å². The topological polar surface area (TPSA) is 40.5 Å². The molecule has 3 nitrogen and oxygen atoms in total. The lowest BCUT2D eigenvalue weighted by Gasteiger charge is -2.21. The largest absolute Gasteiger partial charge is 0.388 e. The molecule has 2 unspecified atom stereocenters. The lowest BCUT2D eigenvalue weighted by atomic mass is 9.91. The van der Waals surface area contributed by atoms with Gasteiger partial charge in [0.05, 0.1) is 12.0 Å². The standard InChI is InChI=1S/C20H21NO2.C2H6/c1-15(14-16-8-4-2-5-9-16)19(22)18-12-13-21(20(18)23)17-10-6-3-7-11-17;1-2/h2-11,18-19,22H,1,12-14H2;1-2H3. The SMILES string of the molecule is C=C(Cc1ccccc1)C(O)C1CCN(c2ccccc2)C1=O.CC. The van der Waals surface area contributed by atoms with E-state index in [1.165, 1.54) is 0 Å². The average molecular weight is 337 g/mol. The number of para-hydroxylation sites is 1. The summed E-state index contributed by atoms with van der Waals surface area (Å²) in [6.45, 7) is 8.65. The molecule has 3 heteroatoms. The van der Waals surface area contributed by atoms with Crippen LogP contribution < -0.4 is 4.90 Å². The number of rotatable bonds is 5.